The largest absolute Gasteiger partial charge is 0.409 e. The number of nitrogens with zero attached hydrogens (tertiary/aromatic N) is 1. The molecular weight excluding hydrogens is 222 g/mol. The van der Waals surface area contributed by atoms with Gasteiger partial charge in [-0.2, -0.15) is 0 Å². The molecule has 0 aromatic carbocycles. The number of hydrogen-bond acceptors (Lipinski definition) is 4. The number of ether oxygens (including phenoxy) is 1. The number of hydrogen-bond donors (Lipinski definition) is 3. The average Bonchev–Trinajstić information content (AvgIpc) is 2.74. The van der Waals surface area contributed by atoms with E-state index in [1.54, 1.807) is 0 Å². The maximum absolute atomic E-state index is 12.0. The number of oxime groups is 1. The molecule has 0 bridgehead atoms. The molecule has 3 atom stereocenters. The summed E-state index contributed by atoms with van der Waals surface area (Å²) < 4.78 is 5.35. The Morgan fingerprint density at radius 3 is 2.88 bits per heavy atom. The van der Waals surface area contributed by atoms with Gasteiger partial charge in [-0.1, -0.05) is 12.1 Å². The lowest BCUT2D eigenvalue weighted by molar-refractivity contribution is -0.127. The number of carbonyl (C=O) groups is 1. The zero-order valence-electron chi connectivity index (χ0n) is 10.3. The number of carbonyl (C=O) groups excluding carboxylic acids is 1. The number of amidine groups is 1. The second kappa shape index (κ2) is 6.44. The Hall–Kier alpha value is -1.30. The van der Waals surface area contributed by atoms with Gasteiger partial charge in [-0.05, 0) is 19.8 Å². The van der Waals surface area contributed by atoms with Crippen LogP contribution >= 0.6 is 0 Å². The summed E-state index contributed by atoms with van der Waals surface area (Å²) in [7, 11) is 0. The van der Waals surface area contributed by atoms with E-state index >= 15 is 0 Å². The zero-order chi connectivity index (χ0) is 12.8. The highest BCUT2D eigenvalue weighted by Gasteiger charge is 2.31. The van der Waals surface area contributed by atoms with E-state index in [-0.39, 0.29) is 29.8 Å². The molecule has 1 aliphatic rings. The number of rotatable bonds is 5. The van der Waals surface area contributed by atoms with E-state index in [2.05, 4.69) is 10.5 Å². The molecule has 3 unspecified atom stereocenters. The number of nitrogens with one attached hydrogen (secondary N) is 1. The van der Waals surface area contributed by atoms with Crippen LogP contribution in [0.3, 0.4) is 0 Å². The van der Waals surface area contributed by atoms with Gasteiger partial charge in [0.25, 0.3) is 0 Å². The minimum atomic E-state index is -0.0915. The summed E-state index contributed by atoms with van der Waals surface area (Å²) in [5.41, 5.74) is 5.43. The summed E-state index contributed by atoms with van der Waals surface area (Å²) in [5, 5.41) is 14.3. The maximum atomic E-state index is 12.0. The van der Waals surface area contributed by atoms with E-state index in [1.165, 1.54) is 0 Å². The van der Waals surface area contributed by atoms with Crippen LogP contribution in [0.15, 0.2) is 5.16 Å². The van der Waals surface area contributed by atoms with Gasteiger partial charge in [-0.15, -0.1) is 0 Å². The van der Waals surface area contributed by atoms with E-state index in [9.17, 15) is 4.79 Å². The van der Waals surface area contributed by atoms with Crippen molar-refractivity contribution in [3.63, 3.8) is 0 Å². The molecule has 1 saturated heterocycles. The molecule has 1 rings (SSSR count). The summed E-state index contributed by atoms with van der Waals surface area (Å²) in [6.07, 6.45) is 1.83. The average molecular weight is 243 g/mol. The van der Waals surface area contributed by atoms with Gasteiger partial charge in [-0.3, -0.25) is 4.79 Å². The first kappa shape index (κ1) is 13.8. The van der Waals surface area contributed by atoms with Crippen LogP contribution < -0.4 is 11.1 Å². The molecule has 0 aromatic rings. The van der Waals surface area contributed by atoms with Crippen LogP contribution in [0.25, 0.3) is 0 Å². The van der Waals surface area contributed by atoms with E-state index in [4.69, 9.17) is 15.7 Å². The molecule has 6 heteroatoms. The first-order valence-electron chi connectivity index (χ1n) is 5.96. The van der Waals surface area contributed by atoms with Gasteiger partial charge in [0.1, 0.15) is 5.84 Å². The smallest absolute Gasteiger partial charge is 0.226 e. The summed E-state index contributed by atoms with van der Waals surface area (Å²) in [5.74, 6) is 0.0387. The monoisotopic (exact) mass is 243 g/mol. The first-order chi connectivity index (χ1) is 8.08. The van der Waals surface area contributed by atoms with Crippen molar-refractivity contribution in [2.24, 2.45) is 16.8 Å². The van der Waals surface area contributed by atoms with E-state index in [0.29, 0.717) is 13.0 Å². The molecular formula is C11H21N3O3. The Balaban J connectivity index is 2.47. The number of amides is 1. The van der Waals surface area contributed by atoms with Crippen LogP contribution in [0.4, 0.5) is 0 Å². The van der Waals surface area contributed by atoms with Crippen molar-refractivity contribution in [1.82, 2.24) is 5.32 Å². The minimum absolute atomic E-state index is 0.00686. The third-order valence-electron chi connectivity index (χ3n) is 3.14. The first-order valence-corrected chi connectivity index (χ1v) is 5.96. The van der Waals surface area contributed by atoms with Gasteiger partial charge < -0.3 is 21.0 Å². The Labute approximate surface area is 101 Å². The van der Waals surface area contributed by atoms with Crippen molar-refractivity contribution < 1.29 is 14.7 Å². The van der Waals surface area contributed by atoms with Crippen LogP contribution in [0.5, 0.6) is 0 Å². The van der Waals surface area contributed by atoms with Gasteiger partial charge in [-0.25, -0.2) is 0 Å². The fraction of sp³-hybridized carbons (Fsp3) is 0.818. The minimum Gasteiger partial charge on any atom is -0.409 e. The molecule has 1 fully saturated rings. The van der Waals surface area contributed by atoms with Crippen molar-refractivity contribution in [2.75, 3.05) is 6.61 Å². The zero-order valence-corrected chi connectivity index (χ0v) is 10.3. The Morgan fingerprint density at radius 2 is 2.41 bits per heavy atom. The molecule has 98 valence electrons. The van der Waals surface area contributed by atoms with Crippen molar-refractivity contribution in [3.8, 4) is 0 Å². The van der Waals surface area contributed by atoms with Gasteiger partial charge in [0.15, 0.2) is 0 Å². The molecule has 0 aliphatic carbocycles. The van der Waals surface area contributed by atoms with Crippen molar-refractivity contribution >= 4 is 11.7 Å². The molecule has 0 aromatic heterocycles. The van der Waals surface area contributed by atoms with E-state index in [1.807, 2.05) is 13.8 Å². The summed E-state index contributed by atoms with van der Waals surface area (Å²) in [6, 6.07) is -0.0915. The summed E-state index contributed by atoms with van der Waals surface area (Å²) in [6.45, 7) is 4.49. The number of nitrogens with two attached hydrogens (primary N) is 1. The lowest BCUT2D eigenvalue weighted by Crippen LogP contribution is -2.42. The highest BCUT2D eigenvalue weighted by Crippen LogP contribution is 2.20. The fourth-order valence-electron chi connectivity index (χ4n) is 1.97. The Morgan fingerprint density at radius 1 is 1.71 bits per heavy atom. The lowest BCUT2D eigenvalue weighted by atomic mass is 10.0. The SMILES string of the molecule is CCC(CC(N)=NO)NC(=O)C1CCOC1C. The van der Waals surface area contributed by atoms with Gasteiger partial charge in [0.05, 0.1) is 12.0 Å². The van der Waals surface area contributed by atoms with E-state index in [0.717, 1.165) is 12.8 Å². The Bertz CT molecular complexity index is 294. The quantitative estimate of drug-likeness (QED) is 0.282. The molecule has 0 spiro atoms. The van der Waals surface area contributed by atoms with Crippen LogP contribution in [-0.2, 0) is 9.53 Å². The maximum Gasteiger partial charge on any atom is 0.226 e. The molecule has 4 N–H and O–H groups in total. The third-order valence-corrected chi connectivity index (χ3v) is 3.14. The van der Waals surface area contributed by atoms with Gasteiger partial charge >= 0.3 is 0 Å². The molecule has 6 nitrogen and oxygen atoms in total. The topological polar surface area (TPSA) is 96.9 Å². The van der Waals surface area contributed by atoms with Crippen molar-refractivity contribution in [1.29, 1.82) is 0 Å². The van der Waals surface area contributed by atoms with E-state index < -0.39 is 0 Å². The second-order valence-corrected chi connectivity index (χ2v) is 4.38. The van der Waals surface area contributed by atoms with Gasteiger partial charge in [0, 0.05) is 19.1 Å². The van der Waals surface area contributed by atoms with Crippen LogP contribution in [0.2, 0.25) is 0 Å². The second-order valence-electron chi connectivity index (χ2n) is 4.38. The third kappa shape index (κ3) is 3.89. The van der Waals surface area contributed by atoms with Crippen LogP contribution in [-0.4, -0.2) is 35.7 Å². The molecule has 0 saturated carbocycles. The highest BCUT2D eigenvalue weighted by atomic mass is 16.5. The standard InChI is InChI=1S/C11H21N3O3/c1-3-8(6-10(12)14-16)13-11(15)9-4-5-17-7(9)2/h7-9,16H,3-6H2,1-2H3,(H2,12,14)(H,13,15). The molecule has 17 heavy (non-hydrogen) atoms. The van der Waals surface area contributed by atoms with Crippen molar-refractivity contribution in [2.45, 2.75) is 45.3 Å². The molecule has 1 heterocycles. The van der Waals surface area contributed by atoms with Crippen LogP contribution in [0.1, 0.15) is 33.1 Å². The lowest BCUT2D eigenvalue weighted by Gasteiger charge is -2.20. The molecule has 1 amide bonds. The van der Waals surface area contributed by atoms with Crippen molar-refractivity contribution in [3.05, 3.63) is 0 Å². The fourth-order valence-corrected chi connectivity index (χ4v) is 1.97. The summed E-state index contributed by atoms with van der Waals surface area (Å²) >= 11 is 0. The predicted octanol–water partition coefficient (Wildman–Crippen LogP) is 0.443. The van der Waals surface area contributed by atoms with Crippen LogP contribution in [0, 0.1) is 5.92 Å². The van der Waals surface area contributed by atoms with Gasteiger partial charge in [0.2, 0.25) is 5.91 Å². The molecule has 0 radical (unpaired) electrons. The molecule has 1 aliphatic heterocycles. The predicted molar refractivity (Wildman–Crippen MR) is 63.8 cm³/mol. The highest BCUT2D eigenvalue weighted by molar-refractivity contribution is 5.83. The summed E-state index contributed by atoms with van der Waals surface area (Å²) in [4.78, 5) is 12.0. The normalized spacial score (nSPS) is 26.8. The Kier molecular flexibility index (Phi) is 5.21.